The summed E-state index contributed by atoms with van der Waals surface area (Å²) in [5.74, 6) is -2.59. The first-order chi connectivity index (χ1) is 17.0. The van der Waals surface area contributed by atoms with Crippen molar-refractivity contribution in [2.24, 2.45) is 11.8 Å². The molecule has 2 amide bonds. The van der Waals surface area contributed by atoms with Gasteiger partial charge in [0.15, 0.2) is 0 Å². The summed E-state index contributed by atoms with van der Waals surface area (Å²) in [6.07, 6.45) is 7.55. The standard InChI is InChI=1S/C28H44N2O6/c1-8-11-12-13-17-35-25(34)21-20-23(32)30(19(4)18-31)22(24(33)29(16-9-2)26(5,6)7)28(20)15-14-27(21,10-3)36-28/h8-9,19-22,31H,1-2,10-18H2,3-7H3/t19-,20+,21-,22?,27+,28?/m1/s1. The van der Waals surface area contributed by atoms with E-state index in [0.717, 1.165) is 12.8 Å². The predicted octanol–water partition coefficient (Wildman–Crippen LogP) is 3.23. The number of amides is 2. The average molecular weight is 505 g/mol. The van der Waals surface area contributed by atoms with Crippen LogP contribution in [0.2, 0.25) is 0 Å². The molecule has 0 aromatic carbocycles. The number of unbranched alkanes of at least 4 members (excludes halogenated alkanes) is 2. The molecule has 202 valence electrons. The number of carbonyl (C=O) groups is 3. The van der Waals surface area contributed by atoms with Crippen molar-refractivity contribution in [1.29, 1.82) is 0 Å². The number of fused-ring (bicyclic) bond motifs is 1. The van der Waals surface area contributed by atoms with Gasteiger partial charge < -0.3 is 24.4 Å². The van der Waals surface area contributed by atoms with Gasteiger partial charge in [-0.05, 0) is 66.2 Å². The second kappa shape index (κ2) is 10.7. The van der Waals surface area contributed by atoms with Crippen molar-refractivity contribution in [2.45, 2.75) is 102 Å². The van der Waals surface area contributed by atoms with E-state index in [1.165, 1.54) is 4.90 Å². The van der Waals surface area contributed by atoms with Gasteiger partial charge in [-0.25, -0.2) is 0 Å². The Morgan fingerprint density at radius 1 is 1.28 bits per heavy atom. The summed E-state index contributed by atoms with van der Waals surface area (Å²) in [7, 11) is 0. The van der Waals surface area contributed by atoms with Crippen LogP contribution in [-0.2, 0) is 23.9 Å². The van der Waals surface area contributed by atoms with E-state index in [4.69, 9.17) is 9.47 Å². The lowest BCUT2D eigenvalue weighted by atomic mass is 9.65. The molecule has 3 saturated heterocycles. The molecule has 0 aliphatic carbocycles. The fraction of sp³-hybridized carbons (Fsp3) is 0.750. The van der Waals surface area contributed by atoms with Gasteiger partial charge in [-0.3, -0.25) is 14.4 Å². The Labute approximate surface area is 215 Å². The van der Waals surface area contributed by atoms with Crippen molar-refractivity contribution >= 4 is 17.8 Å². The van der Waals surface area contributed by atoms with Crippen molar-refractivity contribution in [3.8, 4) is 0 Å². The summed E-state index contributed by atoms with van der Waals surface area (Å²) < 4.78 is 12.4. The van der Waals surface area contributed by atoms with E-state index in [-0.39, 0.29) is 25.0 Å². The zero-order valence-electron chi connectivity index (χ0n) is 22.6. The molecule has 0 aromatic rings. The van der Waals surface area contributed by atoms with Crippen LogP contribution < -0.4 is 0 Å². The monoisotopic (exact) mass is 504 g/mol. The maximum atomic E-state index is 14.2. The Morgan fingerprint density at radius 2 is 1.97 bits per heavy atom. The quantitative estimate of drug-likeness (QED) is 0.249. The van der Waals surface area contributed by atoms with Crippen molar-refractivity contribution in [3.05, 3.63) is 25.3 Å². The first-order valence-corrected chi connectivity index (χ1v) is 13.3. The highest BCUT2D eigenvalue weighted by molar-refractivity contribution is 5.99. The number of carbonyl (C=O) groups excluding carboxylic acids is 3. The van der Waals surface area contributed by atoms with Crippen LogP contribution in [0, 0.1) is 11.8 Å². The van der Waals surface area contributed by atoms with Gasteiger partial charge in [0.1, 0.15) is 17.6 Å². The van der Waals surface area contributed by atoms with Gasteiger partial charge in [-0.2, -0.15) is 0 Å². The van der Waals surface area contributed by atoms with Gasteiger partial charge in [-0.15, -0.1) is 13.2 Å². The number of rotatable bonds is 12. The highest BCUT2D eigenvalue weighted by Crippen LogP contribution is 2.64. The topological polar surface area (TPSA) is 96.4 Å². The van der Waals surface area contributed by atoms with E-state index in [2.05, 4.69) is 13.2 Å². The molecule has 3 fully saturated rings. The third-order valence-electron chi connectivity index (χ3n) is 8.28. The number of esters is 1. The molecule has 36 heavy (non-hydrogen) atoms. The largest absolute Gasteiger partial charge is 0.465 e. The number of aliphatic hydroxyl groups is 1. The minimum absolute atomic E-state index is 0.246. The van der Waals surface area contributed by atoms with Crippen molar-refractivity contribution < 1.29 is 29.0 Å². The molecule has 0 saturated carbocycles. The Balaban J connectivity index is 2.03. The molecule has 8 nitrogen and oxygen atoms in total. The molecule has 3 aliphatic heterocycles. The maximum Gasteiger partial charge on any atom is 0.312 e. The summed E-state index contributed by atoms with van der Waals surface area (Å²) in [6.45, 7) is 17.3. The lowest BCUT2D eigenvalue weighted by Gasteiger charge is -2.43. The molecule has 3 aliphatic rings. The Kier molecular flexibility index (Phi) is 8.40. The van der Waals surface area contributed by atoms with Crippen LogP contribution in [0.15, 0.2) is 25.3 Å². The minimum Gasteiger partial charge on any atom is -0.465 e. The normalized spacial score (nSPS) is 31.8. The second-order valence-electron chi connectivity index (χ2n) is 11.5. The molecule has 3 rings (SSSR count). The molecule has 8 heteroatoms. The van der Waals surface area contributed by atoms with E-state index in [9.17, 15) is 19.5 Å². The van der Waals surface area contributed by atoms with Gasteiger partial charge in [0.25, 0.3) is 0 Å². The van der Waals surface area contributed by atoms with E-state index >= 15 is 0 Å². The first-order valence-electron chi connectivity index (χ1n) is 13.3. The van der Waals surface area contributed by atoms with Crippen molar-refractivity contribution in [1.82, 2.24) is 9.80 Å². The third-order valence-corrected chi connectivity index (χ3v) is 8.28. The molecule has 2 unspecified atom stereocenters. The Bertz CT molecular complexity index is 882. The van der Waals surface area contributed by atoms with E-state index in [0.29, 0.717) is 32.2 Å². The maximum absolute atomic E-state index is 14.2. The SMILES string of the molecule is C=CCCCCOC(=O)[C@H]1[C@H]2C(=O)N([C@H](C)CO)C(C(=O)N(CC=C)C(C)(C)C)C23CC[C@]1(CC)O3. The van der Waals surface area contributed by atoms with Gasteiger partial charge in [-0.1, -0.05) is 19.1 Å². The highest BCUT2D eigenvalue weighted by Gasteiger charge is 2.79. The van der Waals surface area contributed by atoms with Crippen LogP contribution in [0.5, 0.6) is 0 Å². The number of allylic oxidation sites excluding steroid dienone is 1. The first kappa shape index (κ1) is 28.4. The number of nitrogens with zero attached hydrogens (tertiary/aromatic N) is 2. The summed E-state index contributed by atoms with van der Waals surface area (Å²) in [4.78, 5) is 44.9. The molecule has 1 spiro atoms. The Hall–Kier alpha value is -2.19. The zero-order valence-corrected chi connectivity index (χ0v) is 22.6. The van der Waals surface area contributed by atoms with Crippen LogP contribution in [0.1, 0.15) is 73.1 Å². The summed E-state index contributed by atoms with van der Waals surface area (Å²) in [6, 6.07) is -1.54. The Morgan fingerprint density at radius 3 is 2.53 bits per heavy atom. The number of likely N-dealkylation sites (tertiary alicyclic amines) is 1. The molecule has 6 atom stereocenters. The van der Waals surface area contributed by atoms with Crippen LogP contribution in [0.4, 0.5) is 0 Å². The van der Waals surface area contributed by atoms with Gasteiger partial charge in [0.2, 0.25) is 11.8 Å². The molecular formula is C28H44N2O6. The molecule has 0 aromatic heterocycles. The third kappa shape index (κ3) is 4.51. The van der Waals surface area contributed by atoms with Crippen LogP contribution in [-0.4, -0.2) is 81.3 Å². The number of hydrogen-bond acceptors (Lipinski definition) is 6. The molecule has 0 radical (unpaired) electrons. The molecule has 2 bridgehead atoms. The number of aliphatic hydroxyl groups excluding tert-OH is 1. The summed E-state index contributed by atoms with van der Waals surface area (Å²) in [5, 5.41) is 10.0. The van der Waals surface area contributed by atoms with E-state index < -0.39 is 46.6 Å². The molecular weight excluding hydrogens is 460 g/mol. The van der Waals surface area contributed by atoms with Gasteiger partial charge in [0, 0.05) is 12.1 Å². The fourth-order valence-corrected chi connectivity index (χ4v) is 6.48. The number of ether oxygens (including phenoxy) is 2. The second-order valence-corrected chi connectivity index (χ2v) is 11.5. The van der Waals surface area contributed by atoms with E-state index in [1.54, 1.807) is 17.9 Å². The average Bonchev–Trinajstić information content (AvgIpc) is 3.44. The van der Waals surface area contributed by atoms with Crippen LogP contribution in [0.3, 0.4) is 0 Å². The van der Waals surface area contributed by atoms with Crippen LogP contribution >= 0.6 is 0 Å². The smallest absolute Gasteiger partial charge is 0.312 e. The predicted molar refractivity (Wildman–Crippen MR) is 137 cm³/mol. The van der Waals surface area contributed by atoms with Crippen LogP contribution in [0.25, 0.3) is 0 Å². The minimum atomic E-state index is -1.13. The lowest BCUT2D eigenvalue weighted by molar-refractivity contribution is -0.164. The van der Waals surface area contributed by atoms with E-state index in [1.807, 2.05) is 33.8 Å². The van der Waals surface area contributed by atoms with Crippen molar-refractivity contribution in [3.63, 3.8) is 0 Å². The van der Waals surface area contributed by atoms with Crippen molar-refractivity contribution in [2.75, 3.05) is 19.8 Å². The summed E-state index contributed by atoms with van der Waals surface area (Å²) in [5.41, 5.74) is -2.50. The van der Waals surface area contributed by atoms with Gasteiger partial charge >= 0.3 is 5.97 Å². The zero-order chi connectivity index (χ0) is 26.9. The highest BCUT2D eigenvalue weighted by atomic mass is 16.6. The molecule has 3 heterocycles. The van der Waals surface area contributed by atoms with Gasteiger partial charge in [0.05, 0.1) is 30.8 Å². The molecule has 1 N–H and O–H groups in total. The fourth-order valence-electron chi connectivity index (χ4n) is 6.48. The number of hydrogen-bond donors (Lipinski definition) is 1. The lowest BCUT2D eigenvalue weighted by Crippen LogP contribution is -2.61. The summed E-state index contributed by atoms with van der Waals surface area (Å²) >= 11 is 0.